The van der Waals surface area contributed by atoms with Crippen molar-refractivity contribution in [1.29, 1.82) is 0 Å². The molecule has 0 saturated carbocycles. The molecule has 0 spiro atoms. The van der Waals surface area contributed by atoms with E-state index >= 15 is 0 Å². The highest BCUT2D eigenvalue weighted by Gasteiger charge is 2.10. The third-order valence-corrected chi connectivity index (χ3v) is 2.85. The van der Waals surface area contributed by atoms with Crippen LogP contribution in [0.2, 0.25) is 5.54 Å². The van der Waals surface area contributed by atoms with Gasteiger partial charge in [-0.05, 0) is 13.3 Å². The summed E-state index contributed by atoms with van der Waals surface area (Å²) in [6.07, 6.45) is 1.50. The predicted molar refractivity (Wildman–Crippen MR) is 45.2 cm³/mol. The first-order valence-corrected chi connectivity index (χ1v) is 4.54. The van der Waals surface area contributed by atoms with Gasteiger partial charge in [0.1, 0.15) is 5.78 Å². The Hall–Kier alpha value is -0.413. The van der Waals surface area contributed by atoms with Gasteiger partial charge in [-0.1, -0.05) is 6.08 Å². The number of carbonyl (C=O) groups is 1. The fraction of sp³-hybridized carbons (Fsp3) is 0.571. The lowest BCUT2D eigenvalue weighted by molar-refractivity contribution is -0.117. The molecule has 3 heteroatoms. The second-order valence-corrected chi connectivity index (χ2v) is 3.94. The summed E-state index contributed by atoms with van der Waals surface area (Å²) in [6.45, 7) is 4.99. The van der Waals surface area contributed by atoms with Gasteiger partial charge >= 0.3 is 0 Å². The molecular formula is C7H14O2Si. The molecule has 0 rings (SSSR count). The number of hydrogen-bond donors (Lipinski definition) is 1. The summed E-state index contributed by atoms with van der Waals surface area (Å²) < 4.78 is 0. The summed E-state index contributed by atoms with van der Waals surface area (Å²) in [4.78, 5) is 10.7. The second kappa shape index (κ2) is 4.41. The van der Waals surface area contributed by atoms with Gasteiger partial charge in [0.25, 0.3) is 0 Å². The Morgan fingerprint density at radius 1 is 1.90 bits per heavy atom. The highest BCUT2D eigenvalue weighted by Crippen LogP contribution is 2.10. The molecule has 0 aromatic heterocycles. The summed E-state index contributed by atoms with van der Waals surface area (Å²) in [5.74, 6) is 0.174. The molecule has 0 aromatic rings. The van der Waals surface area contributed by atoms with E-state index in [1.54, 1.807) is 6.92 Å². The van der Waals surface area contributed by atoms with E-state index in [2.05, 4.69) is 6.58 Å². The molecule has 2 atom stereocenters. The topological polar surface area (TPSA) is 37.3 Å². The molecule has 0 aliphatic rings. The number of aliphatic hydroxyl groups excluding tert-OH is 1. The van der Waals surface area contributed by atoms with Crippen molar-refractivity contribution in [3.8, 4) is 0 Å². The number of hydrogen-bond acceptors (Lipinski definition) is 2. The van der Waals surface area contributed by atoms with Gasteiger partial charge in [0.2, 0.25) is 0 Å². The van der Waals surface area contributed by atoms with Crippen LogP contribution in [0, 0.1) is 0 Å². The zero-order valence-electron chi connectivity index (χ0n) is 6.50. The van der Waals surface area contributed by atoms with Crippen LogP contribution in [-0.2, 0) is 4.79 Å². The molecule has 58 valence electrons. The van der Waals surface area contributed by atoms with Crippen LogP contribution in [0.4, 0.5) is 0 Å². The van der Waals surface area contributed by atoms with Gasteiger partial charge in [-0.25, -0.2) is 0 Å². The monoisotopic (exact) mass is 158 g/mol. The van der Waals surface area contributed by atoms with Crippen molar-refractivity contribution in [2.75, 3.05) is 0 Å². The van der Waals surface area contributed by atoms with Crippen molar-refractivity contribution in [3.05, 3.63) is 12.7 Å². The Morgan fingerprint density at radius 3 is 2.70 bits per heavy atom. The number of rotatable bonds is 4. The number of aliphatic hydroxyl groups is 1. The summed E-state index contributed by atoms with van der Waals surface area (Å²) in [5, 5.41) is 9.03. The summed E-state index contributed by atoms with van der Waals surface area (Å²) in [6, 6.07) is 0. The van der Waals surface area contributed by atoms with Gasteiger partial charge in [-0.3, -0.25) is 0 Å². The average molecular weight is 158 g/mol. The highest BCUT2D eigenvalue weighted by molar-refractivity contribution is 6.23. The zero-order chi connectivity index (χ0) is 8.15. The van der Waals surface area contributed by atoms with Crippen LogP contribution in [0.3, 0.4) is 0 Å². The Bertz CT molecular complexity index is 134. The summed E-state index contributed by atoms with van der Waals surface area (Å²) in [5.41, 5.74) is 0.0769. The first-order chi connectivity index (χ1) is 4.57. The van der Waals surface area contributed by atoms with Crippen LogP contribution in [0.15, 0.2) is 12.7 Å². The van der Waals surface area contributed by atoms with Crippen LogP contribution >= 0.6 is 0 Å². The minimum absolute atomic E-state index is 0.0769. The average Bonchev–Trinajstić information content (AvgIpc) is 1.87. The van der Waals surface area contributed by atoms with E-state index in [1.807, 2.05) is 0 Å². The van der Waals surface area contributed by atoms with Crippen molar-refractivity contribution >= 4 is 16.0 Å². The minimum atomic E-state index is -0.508. The smallest absolute Gasteiger partial charge is 0.129 e. The van der Waals surface area contributed by atoms with E-state index in [4.69, 9.17) is 5.11 Å². The summed E-state index contributed by atoms with van der Waals surface area (Å²) >= 11 is 0. The lowest BCUT2D eigenvalue weighted by atomic mass is 10.1. The largest absolute Gasteiger partial charge is 0.389 e. The Balaban J connectivity index is 3.67. The van der Waals surface area contributed by atoms with Gasteiger partial charge in [0.15, 0.2) is 0 Å². The quantitative estimate of drug-likeness (QED) is 0.449. The lowest BCUT2D eigenvalue weighted by Crippen LogP contribution is -2.12. The molecule has 10 heavy (non-hydrogen) atoms. The fourth-order valence-electron chi connectivity index (χ4n) is 0.624. The van der Waals surface area contributed by atoms with E-state index in [0.717, 1.165) is 10.2 Å². The van der Waals surface area contributed by atoms with Crippen molar-refractivity contribution in [1.82, 2.24) is 0 Å². The molecular weight excluding hydrogens is 144 g/mol. The molecule has 2 nitrogen and oxygen atoms in total. The maximum absolute atomic E-state index is 10.7. The van der Waals surface area contributed by atoms with Gasteiger partial charge in [0, 0.05) is 15.8 Å². The second-order valence-electron chi connectivity index (χ2n) is 2.55. The first-order valence-electron chi connectivity index (χ1n) is 3.39. The highest BCUT2D eigenvalue weighted by atomic mass is 28.1. The molecule has 0 heterocycles. The first kappa shape index (κ1) is 9.59. The van der Waals surface area contributed by atoms with Crippen LogP contribution in [0.5, 0.6) is 0 Å². The third-order valence-electron chi connectivity index (χ3n) is 1.56. The molecule has 0 fully saturated rings. The normalized spacial score (nSPS) is 16.2. The van der Waals surface area contributed by atoms with Crippen LogP contribution in [0.25, 0.3) is 0 Å². The van der Waals surface area contributed by atoms with Crippen LogP contribution < -0.4 is 0 Å². The van der Waals surface area contributed by atoms with Crippen molar-refractivity contribution in [2.45, 2.75) is 25.0 Å². The van der Waals surface area contributed by atoms with Crippen molar-refractivity contribution in [2.24, 2.45) is 0 Å². The lowest BCUT2D eigenvalue weighted by Gasteiger charge is -2.09. The van der Waals surface area contributed by atoms with Gasteiger partial charge in [0.05, 0.1) is 6.10 Å². The molecule has 0 unspecified atom stereocenters. The predicted octanol–water partition coefficient (Wildman–Crippen LogP) is -0.334. The molecule has 0 saturated heterocycles. The fourth-order valence-corrected chi connectivity index (χ4v) is 1.11. The Morgan fingerprint density at radius 2 is 2.40 bits per heavy atom. The zero-order valence-corrected chi connectivity index (χ0v) is 8.50. The number of carbonyl (C=O) groups excluding carboxylic acids is 1. The van der Waals surface area contributed by atoms with Gasteiger partial charge < -0.3 is 9.90 Å². The van der Waals surface area contributed by atoms with E-state index in [9.17, 15) is 4.79 Å². The molecule has 0 aliphatic carbocycles. The van der Waals surface area contributed by atoms with Gasteiger partial charge in [-0.15, -0.1) is 6.58 Å². The van der Waals surface area contributed by atoms with Crippen molar-refractivity contribution < 1.29 is 9.90 Å². The summed E-state index contributed by atoms with van der Waals surface area (Å²) in [7, 11) is 0.819. The maximum atomic E-state index is 10.7. The van der Waals surface area contributed by atoms with Crippen LogP contribution in [0.1, 0.15) is 13.3 Å². The molecule has 0 amide bonds. The number of Topliss-reactive ketones (excluding diaryl/α,β-unsaturated/α-hetero) is 1. The van der Waals surface area contributed by atoms with Crippen LogP contribution in [-0.4, -0.2) is 27.2 Å². The van der Waals surface area contributed by atoms with E-state index in [1.165, 1.54) is 6.08 Å². The van der Waals surface area contributed by atoms with E-state index in [-0.39, 0.29) is 11.3 Å². The molecule has 0 radical (unpaired) electrons. The van der Waals surface area contributed by atoms with E-state index < -0.39 is 6.10 Å². The minimum Gasteiger partial charge on any atom is -0.389 e. The molecule has 1 N–H and O–H groups in total. The van der Waals surface area contributed by atoms with Gasteiger partial charge in [-0.2, -0.15) is 0 Å². The number of ketones is 1. The third kappa shape index (κ3) is 3.58. The molecule has 0 aromatic carbocycles. The molecule has 0 bridgehead atoms. The van der Waals surface area contributed by atoms with E-state index in [0.29, 0.717) is 6.42 Å². The Labute approximate surface area is 64.4 Å². The SMILES string of the molecule is C=C[C@@H](O)C[C@H]([SiH3])C(C)=O. The Kier molecular flexibility index (Phi) is 4.23. The van der Waals surface area contributed by atoms with Crippen molar-refractivity contribution in [3.63, 3.8) is 0 Å². The molecule has 0 aliphatic heterocycles. The standard InChI is InChI=1S/C7H14O2Si/c1-3-6(9)4-7(10)5(2)8/h3,6-7,9H,1,4H2,2,10H3/t6-,7+/m1/s1. The maximum Gasteiger partial charge on any atom is 0.129 e.